The second-order valence-corrected chi connectivity index (χ2v) is 6.01. The Labute approximate surface area is 122 Å². The molecule has 2 N–H and O–H groups in total. The summed E-state index contributed by atoms with van der Waals surface area (Å²) in [6.45, 7) is 2.23. The molecule has 1 heterocycles. The van der Waals surface area contributed by atoms with Crippen molar-refractivity contribution in [1.29, 1.82) is 0 Å². The molecule has 1 saturated heterocycles. The minimum atomic E-state index is -4.11. The topological polar surface area (TPSA) is 50.4 Å². The van der Waals surface area contributed by atoms with Crippen LogP contribution >= 0.6 is 0 Å². The van der Waals surface area contributed by atoms with Crippen LogP contribution in [0.25, 0.3) is 0 Å². The number of morpholine rings is 1. The molecule has 0 aromatic rings. The summed E-state index contributed by atoms with van der Waals surface area (Å²) in [6, 6.07) is 0.00743. The Morgan fingerprint density at radius 2 is 2.14 bits per heavy atom. The van der Waals surface area contributed by atoms with Crippen molar-refractivity contribution in [3.8, 4) is 0 Å². The third kappa shape index (κ3) is 5.47. The van der Waals surface area contributed by atoms with Crippen LogP contribution in [0, 0.1) is 11.8 Å². The Morgan fingerprint density at radius 3 is 2.81 bits per heavy atom. The average molecular weight is 308 g/mol. The maximum atomic E-state index is 12.7. The first-order valence-corrected chi connectivity index (χ1v) is 7.59. The molecule has 7 heteroatoms. The molecule has 4 nitrogen and oxygen atoms in total. The van der Waals surface area contributed by atoms with E-state index in [-0.39, 0.29) is 30.7 Å². The van der Waals surface area contributed by atoms with Gasteiger partial charge in [0.2, 0.25) is 5.91 Å². The third-order valence-corrected chi connectivity index (χ3v) is 4.26. The lowest BCUT2D eigenvalue weighted by atomic mass is 9.81. The number of nitrogens with one attached hydrogen (secondary N) is 2. The molecule has 0 radical (unpaired) electrons. The van der Waals surface area contributed by atoms with Crippen molar-refractivity contribution >= 4 is 5.91 Å². The predicted molar refractivity (Wildman–Crippen MR) is 71.7 cm³/mol. The highest BCUT2D eigenvalue weighted by atomic mass is 19.4. The van der Waals surface area contributed by atoms with Crippen LogP contribution in [0.15, 0.2) is 0 Å². The molecule has 1 saturated carbocycles. The maximum Gasteiger partial charge on any atom is 0.391 e. The van der Waals surface area contributed by atoms with E-state index in [1.807, 2.05) is 0 Å². The number of hydrogen-bond acceptors (Lipinski definition) is 3. The standard InChI is InChI=1S/C14H23F3N2O2/c15-14(16,17)11-3-1-2-10(6-11)8-19-13(20)7-12-9-21-5-4-18-12/h10-12,18H,1-9H2,(H,19,20). The Bertz CT molecular complexity index is 344. The van der Waals surface area contributed by atoms with E-state index in [4.69, 9.17) is 4.74 Å². The SMILES string of the molecule is O=C(CC1COCCN1)NCC1CCCC(C(F)(F)F)C1. The molecular formula is C14H23F3N2O2. The fraction of sp³-hybridized carbons (Fsp3) is 0.929. The minimum absolute atomic E-state index is 0.00743. The van der Waals surface area contributed by atoms with E-state index < -0.39 is 12.1 Å². The average Bonchev–Trinajstić information content (AvgIpc) is 2.46. The highest BCUT2D eigenvalue weighted by Gasteiger charge is 2.42. The lowest BCUT2D eigenvalue weighted by Gasteiger charge is -2.30. The van der Waals surface area contributed by atoms with E-state index in [1.54, 1.807) is 0 Å². The van der Waals surface area contributed by atoms with Crippen LogP contribution < -0.4 is 10.6 Å². The van der Waals surface area contributed by atoms with E-state index in [0.717, 1.165) is 13.0 Å². The van der Waals surface area contributed by atoms with Crippen LogP contribution in [0.5, 0.6) is 0 Å². The van der Waals surface area contributed by atoms with Crippen molar-refractivity contribution in [3.63, 3.8) is 0 Å². The minimum Gasteiger partial charge on any atom is -0.378 e. The molecule has 0 bridgehead atoms. The Balaban J connectivity index is 1.68. The molecule has 0 aromatic carbocycles. The van der Waals surface area contributed by atoms with Crippen LogP contribution in [0.1, 0.15) is 32.1 Å². The number of hydrogen-bond donors (Lipinski definition) is 2. The number of rotatable bonds is 4. The fourth-order valence-corrected chi connectivity index (χ4v) is 3.08. The van der Waals surface area contributed by atoms with Gasteiger partial charge in [-0.25, -0.2) is 0 Å². The van der Waals surface area contributed by atoms with Gasteiger partial charge in [0.05, 0.1) is 19.1 Å². The van der Waals surface area contributed by atoms with Gasteiger partial charge in [-0.3, -0.25) is 4.79 Å². The number of carbonyl (C=O) groups excluding carboxylic acids is 1. The molecule has 3 atom stereocenters. The van der Waals surface area contributed by atoms with Gasteiger partial charge < -0.3 is 15.4 Å². The smallest absolute Gasteiger partial charge is 0.378 e. The fourth-order valence-electron chi connectivity index (χ4n) is 3.08. The monoisotopic (exact) mass is 308 g/mol. The van der Waals surface area contributed by atoms with Gasteiger partial charge in [0.1, 0.15) is 0 Å². The molecule has 122 valence electrons. The molecule has 1 aliphatic carbocycles. The molecule has 3 unspecified atom stereocenters. The van der Waals surface area contributed by atoms with Crippen molar-refractivity contribution in [2.24, 2.45) is 11.8 Å². The molecule has 1 amide bonds. The molecule has 2 aliphatic rings. The van der Waals surface area contributed by atoms with Crippen LogP contribution in [0.2, 0.25) is 0 Å². The first-order chi connectivity index (χ1) is 9.95. The Morgan fingerprint density at radius 1 is 1.33 bits per heavy atom. The van der Waals surface area contributed by atoms with E-state index in [9.17, 15) is 18.0 Å². The summed E-state index contributed by atoms with van der Waals surface area (Å²) in [4.78, 5) is 11.8. The zero-order valence-corrected chi connectivity index (χ0v) is 12.0. The highest BCUT2D eigenvalue weighted by molar-refractivity contribution is 5.76. The van der Waals surface area contributed by atoms with Gasteiger partial charge in [0.25, 0.3) is 0 Å². The van der Waals surface area contributed by atoms with Crippen molar-refractivity contribution in [1.82, 2.24) is 10.6 Å². The highest BCUT2D eigenvalue weighted by Crippen LogP contribution is 2.39. The summed E-state index contributed by atoms with van der Waals surface area (Å²) in [6.07, 6.45) is -2.09. The molecule has 1 aliphatic heterocycles. The molecule has 2 fully saturated rings. The largest absolute Gasteiger partial charge is 0.391 e. The number of alkyl halides is 3. The summed E-state index contributed by atoms with van der Waals surface area (Å²) in [7, 11) is 0. The van der Waals surface area contributed by atoms with E-state index in [2.05, 4.69) is 10.6 Å². The number of amides is 1. The summed E-state index contributed by atoms with van der Waals surface area (Å²) in [5.74, 6) is -1.39. The lowest BCUT2D eigenvalue weighted by Crippen LogP contribution is -2.45. The van der Waals surface area contributed by atoms with Crippen molar-refractivity contribution in [2.75, 3.05) is 26.3 Å². The van der Waals surface area contributed by atoms with Gasteiger partial charge in [-0.15, -0.1) is 0 Å². The van der Waals surface area contributed by atoms with E-state index in [0.29, 0.717) is 32.6 Å². The first-order valence-electron chi connectivity index (χ1n) is 7.59. The van der Waals surface area contributed by atoms with Gasteiger partial charge in [-0.05, 0) is 25.2 Å². The second-order valence-electron chi connectivity index (χ2n) is 6.01. The Kier molecular flexibility index (Phi) is 5.87. The lowest BCUT2D eigenvalue weighted by molar-refractivity contribution is -0.185. The summed E-state index contributed by atoms with van der Waals surface area (Å²) >= 11 is 0. The van der Waals surface area contributed by atoms with Gasteiger partial charge in [0.15, 0.2) is 0 Å². The van der Waals surface area contributed by atoms with E-state index >= 15 is 0 Å². The Hall–Kier alpha value is -0.820. The first kappa shape index (κ1) is 16.5. The summed E-state index contributed by atoms with van der Waals surface area (Å²) < 4.78 is 43.4. The van der Waals surface area contributed by atoms with Crippen LogP contribution in [0.3, 0.4) is 0 Å². The molecule has 0 spiro atoms. The summed E-state index contributed by atoms with van der Waals surface area (Å²) in [5, 5.41) is 5.95. The van der Waals surface area contributed by atoms with Crippen molar-refractivity contribution < 1.29 is 22.7 Å². The molecule has 2 rings (SSSR count). The van der Waals surface area contributed by atoms with Gasteiger partial charge in [-0.2, -0.15) is 13.2 Å². The third-order valence-electron chi connectivity index (χ3n) is 4.26. The van der Waals surface area contributed by atoms with Gasteiger partial charge >= 0.3 is 6.18 Å². The number of carbonyl (C=O) groups is 1. The quantitative estimate of drug-likeness (QED) is 0.833. The second kappa shape index (κ2) is 7.45. The predicted octanol–water partition coefficient (Wildman–Crippen LogP) is 1.85. The normalized spacial score (nSPS) is 30.9. The van der Waals surface area contributed by atoms with E-state index in [1.165, 1.54) is 0 Å². The van der Waals surface area contributed by atoms with Gasteiger partial charge in [-0.1, -0.05) is 6.42 Å². The zero-order chi connectivity index (χ0) is 15.3. The molecule has 0 aromatic heterocycles. The van der Waals surface area contributed by atoms with Crippen molar-refractivity contribution in [2.45, 2.75) is 44.3 Å². The number of ether oxygens (including phenoxy) is 1. The molecule has 21 heavy (non-hydrogen) atoms. The number of halogens is 3. The maximum absolute atomic E-state index is 12.7. The van der Waals surface area contributed by atoms with Crippen LogP contribution in [-0.2, 0) is 9.53 Å². The summed E-state index contributed by atoms with van der Waals surface area (Å²) in [5.41, 5.74) is 0. The van der Waals surface area contributed by atoms with Gasteiger partial charge in [0, 0.05) is 25.6 Å². The molecular weight excluding hydrogens is 285 g/mol. The van der Waals surface area contributed by atoms with Crippen LogP contribution in [-0.4, -0.2) is 44.4 Å². The zero-order valence-electron chi connectivity index (χ0n) is 12.0. The van der Waals surface area contributed by atoms with Crippen molar-refractivity contribution in [3.05, 3.63) is 0 Å². The van der Waals surface area contributed by atoms with Crippen LogP contribution in [0.4, 0.5) is 13.2 Å².